The third-order valence-electron chi connectivity index (χ3n) is 3.72. The molecule has 0 fully saturated rings. The highest BCUT2D eigenvalue weighted by Gasteiger charge is 2.15. The molecule has 0 unspecified atom stereocenters. The number of anilines is 1. The number of nitrogens with one attached hydrogen (secondary N) is 2. The number of hydrogen-bond acceptors (Lipinski definition) is 6. The fourth-order valence-corrected chi connectivity index (χ4v) is 3.47. The van der Waals surface area contributed by atoms with Crippen molar-refractivity contribution in [2.24, 2.45) is 0 Å². The summed E-state index contributed by atoms with van der Waals surface area (Å²) in [5.74, 6) is 0. The highest BCUT2D eigenvalue weighted by molar-refractivity contribution is 7.22. The molecule has 0 aliphatic carbocycles. The third-order valence-corrected chi connectivity index (χ3v) is 4.69. The minimum atomic E-state index is -0.496. The molecule has 7 nitrogen and oxygen atoms in total. The lowest BCUT2D eigenvalue weighted by atomic mass is 10.2. The number of alkyl carbamates (subject to hydrolysis) is 1. The number of fused-ring (bicyclic) bond motifs is 1. The van der Waals surface area contributed by atoms with Gasteiger partial charge in [-0.25, -0.2) is 14.8 Å². The molecular weight excluding hydrogens is 362 g/mol. The first-order valence-corrected chi connectivity index (χ1v) is 9.77. The molecule has 0 aliphatic rings. The third kappa shape index (κ3) is 5.96. The quantitative estimate of drug-likeness (QED) is 0.599. The van der Waals surface area contributed by atoms with Gasteiger partial charge >= 0.3 is 6.09 Å². The minimum absolute atomic E-state index is 0.410. The van der Waals surface area contributed by atoms with Gasteiger partial charge in [0.15, 0.2) is 5.13 Å². The molecule has 0 saturated heterocycles. The minimum Gasteiger partial charge on any atom is -0.444 e. The van der Waals surface area contributed by atoms with Gasteiger partial charge < -0.3 is 19.9 Å². The van der Waals surface area contributed by atoms with E-state index in [0.717, 1.165) is 40.4 Å². The highest BCUT2D eigenvalue weighted by Crippen LogP contribution is 2.26. The fourth-order valence-electron chi connectivity index (χ4n) is 2.52. The Balaban J connectivity index is 1.51. The Morgan fingerprint density at radius 2 is 2.19 bits per heavy atom. The van der Waals surface area contributed by atoms with Gasteiger partial charge in [-0.1, -0.05) is 17.4 Å². The van der Waals surface area contributed by atoms with E-state index in [1.807, 2.05) is 45.4 Å². The lowest BCUT2D eigenvalue weighted by Gasteiger charge is -2.19. The van der Waals surface area contributed by atoms with Gasteiger partial charge in [0.2, 0.25) is 0 Å². The molecule has 0 spiro atoms. The first-order chi connectivity index (χ1) is 12.9. The van der Waals surface area contributed by atoms with Gasteiger partial charge in [-0.15, -0.1) is 0 Å². The predicted molar refractivity (Wildman–Crippen MR) is 108 cm³/mol. The molecule has 0 saturated carbocycles. The van der Waals surface area contributed by atoms with Gasteiger partial charge in [-0.2, -0.15) is 0 Å². The summed E-state index contributed by atoms with van der Waals surface area (Å²) in [7, 11) is 0. The number of benzene rings is 1. The van der Waals surface area contributed by atoms with Gasteiger partial charge in [0, 0.05) is 32.0 Å². The summed E-state index contributed by atoms with van der Waals surface area (Å²) in [5, 5.41) is 7.07. The van der Waals surface area contributed by atoms with Crippen LogP contribution in [0.15, 0.2) is 36.9 Å². The summed E-state index contributed by atoms with van der Waals surface area (Å²) in [6.45, 7) is 7.75. The van der Waals surface area contributed by atoms with Crippen LogP contribution in [0.3, 0.4) is 0 Å². The van der Waals surface area contributed by atoms with Crippen molar-refractivity contribution >= 4 is 32.8 Å². The fraction of sp³-hybridized carbons (Fsp3) is 0.421. The Hall–Kier alpha value is -2.61. The number of amides is 1. The first kappa shape index (κ1) is 19.2. The number of carbonyl (C=O) groups excluding carboxylic acids is 1. The highest BCUT2D eigenvalue weighted by atomic mass is 32.1. The van der Waals surface area contributed by atoms with E-state index >= 15 is 0 Å². The average molecular weight is 388 g/mol. The maximum absolute atomic E-state index is 11.8. The number of imidazole rings is 1. The molecule has 1 amide bonds. The van der Waals surface area contributed by atoms with Crippen molar-refractivity contribution in [1.82, 2.24) is 19.9 Å². The smallest absolute Gasteiger partial charge is 0.407 e. The van der Waals surface area contributed by atoms with Crippen molar-refractivity contribution in [3.8, 4) is 0 Å². The van der Waals surface area contributed by atoms with Crippen LogP contribution >= 0.6 is 11.3 Å². The summed E-state index contributed by atoms with van der Waals surface area (Å²) < 4.78 is 8.41. The van der Waals surface area contributed by atoms with Crippen LogP contribution in [0, 0.1) is 0 Å². The van der Waals surface area contributed by atoms with E-state index in [1.54, 1.807) is 17.5 Å². The van der Waals surface area contributed by atoms with Crippen molar-refractivity contribution in [3.05, 3.63) is 42.5 Å². The van der Waals surface area contributed by atoms with Crippen molar-refractivity contribution in [3.63, 3.8) is 0 Å². The van der Waals surface area contributed by atoms with Crippen molar-refractivity contribution in [1.29, 1.82) is 0 Å². The predicted octanol–water partition coefficient (Wildman–Crippen LogP) is 4.02. The van der Waals surface area contributed by atoms with E-state index in [4.69, 9.17) is 4.74 Å². The van der Waals surface area contributed by atoms with Crippen LogP contribution in [0.4, 0.5) is 9.93 Å². The maximum Gasteiger partial charge on any atom is 0.407 e. The van der Waals surface area contributed by atoms with Crippen LogP contribution in [-0.4, -0.2) is 32.8 Å². The number of aromatic nitrogens is 3. The molecular formula is C19H25N5O2S. The number of ether oxygens (including phenoxy) is 1. The van der Waals surface area contributed by atoms with Crippen molar-refractivity contribution in [2.75, 3.05) is 11.9 Å². The van der Waals surface area contributed by atoms with Crippen LogP contribution in [0.1, 0.15) is 32.8 Å². The van der Waals surface area contributed by atoms with Gasteiger partial charge in [-0.05, 0) is 44.9 Å². The van der Waals surface area contributed by atoms with E-state index in [1.165, 1.54) is 0 Å². The van der Waals surface area contributed by atoms with Gasteiger partial charge in [0.25, 0.3) is 0 Å². The SMILES string of the molecule is CC(C)(C)OC(=O)NCc1ccc2nc(NCCCn3ccnc3)sc2c1. The lowest BCUT2D eigenvalue weighted by Crippen LogP contribution is -2.32. The monoisotopic (exact) mass is 387 g/mol. The Morgan fingerprint density at radius 1 is 1.33 bits per heavy atom. The van der Waals surface area contributed by atoms with E-state index in [2.05, 4.69) is 31.2 Å². The average Bonchev–Trinajstić information content (AvgIpc) is 3.24. The topological polar surface area (TPSA) is 81.1 Å². The van der Waals surface area contributed by atoms with Gasteiger partial charge in [0.1, 0.15) is 5.60 Å². The Labute approximate surface area is 162 Å². The Morgan fingerprint density at radius 3 is 2.93 bits per heavy atom. The zero-order chi connectivity index (χ0) is 19.3. The van der Waals surface area contributed by atoms with Crippen LogP contribution in [0.25, 0.3) is 10.2 Å². The molecule has 2 aromatic heterocycles. The Kier molecular flexibility index (Phi) is 5.95. The molecule has 0 aliphatic heterocycles. The molecule has 2 N–H and O–H groups in total. The zero-order valence-electron chi connectivity index (χ0n) is 15.9. The molecule has 27 heavy (non-hydrogen) atoms. The normalized spacial score (nSPS) is 11.5. The molecule has 8 heteroatoms. The van der Waals surface area contributed by atoms with Gasteiger partial charge in [0.05, 0.1) is 16.5 Å². The number of nitrogens with zero attached hydrogens (tertiary/aromatic N) is 3. The molecule has 3 aromatic rings. The molecule has 3 rings (SSSR count). The van der Waals surface area contributed by atoms with Crippen molar-refractivity contribution < 1.29 is 9.53 Å². The standard InChI is InChI=1S/C19H25N5O2S/c1-19(2,3)26-18(25)22-12-14-5-6-15-16(11-14)27-17(23-15)21-7-4-9-24-10-8-20-13-24/h5-6,8,10-11,13H,4,7,9,12H2,1-3H3,(H,21,23)(H,22,25). The van der Waals surface area contributed by atoms with Crippen LogP contribution in [0.2, 0.25) is 0 Å². The summed E-state index contributed by atoms with van der Waals surface area (Å²) in [4.78, 5) is 20.4. The number of thiazole rings is 1. The summed E-state index contributed by atoms with van der Waals surface area (Å²) in [6, 6.07) is 6.01. The molecule has 0 radical (unpaired) electrons. The van der Waals surface area contributed by atoms with E-state index in [0.29, 0.717) is 6.54 Å². The molecule has 1 aromatic carbocycles. The molecule has 0 atom stereocenters. The second-order valence-electron chi connectivity index (χ2n) is 7.26. The molecule has 144 valence electrons. The largest absolute Gasteiger partial charge is 0.444 e. The number of carbonyl (C=O) groups is 1. The van der Waals surface area contributed by atoms with Crippen molar-refractivity contribution in [2.45, 2.75) is 45.9 Å². The van der Waals surface area contributed by atoms with Crippen LogP contribution in [-0.2, 0) is 17.8 Å². The number of aryl methyl sites for hydroxylation is 1. The molecule has 2 heterocycles. The lowest BCUT2D eigenvalue weighted by molar-refractivity contribution is 0.0523. The first-order valence-electron chi connectivity index (χ1n) is 8.95. The second kappa shape index (κ2) is 8.39. The van der Waals surface area contributed by atoms with Gasteiger partial charge in [-0.3, -0.25) is 0 Å². The summed E-state index contributed by atoms with van der Waals surface area (Å²) in [6.07, 6.45) is 6.16. The van der Waals surface area contributed by atoms with Crippen LogP contribution in [0.5, 0.6) is 0 Å². The maximum atomic E-state index is 11.8. The van der Waals surface area contributed by atoms with E-state index in [9.17, 15) is 4.79 Å². The molecule has 0 bridgehead atoms. The summed E-state index contributed by atoms with van der Waals surface area (Å²) >= 11 is 1.62. The van der Waals surface area contributed by atoms with E-state index in [-0.39, 0.29) is 0 Å². The number of rotatable bonds is 7. The van der Waals surface area contributed by atoms with Crippen LogP contribution < -0.4 is 10.6 Å². The van der Waals surface area contributed by atoms with E-state index < -0.39 is 11.7 Å². The summed E-state index contributed by atoms with van der Waals surface area (Å²) in [5.41, 5.74) is 1.48. The Bertz CT molecular complexity index is 883. The second-order valence-corrected chi connectivity index (χ2v) is 8.29. The number of hydrogen-bond donors (Lipinski definition) is 2. The zero-order valence-corrected chi connectivity index (χ0v) is 16.7.